The fourth-order valence-corrected chi connectivity index (χ4v) is 1.75. The molecule has 0 bridgehead atoms. The molecule has 0 radical (unpaired) electrons. The average Bonchev–Trinajstić information content (AvgIpc) is 2.43. The van der Waals surface area contributed by atoms with Gasteiger partial charge in [0.1, 0.15) is 11.6 Å². The van der Waals surface area contributed by atoms with Crippen molar-refractivity contribution in [3.05, 3.63) is 30.1 Å². The monoisotopic (exact) mass is 297 g/mol. The van der Waals surface area contributed by atoms with Gasteiger partial charge >= 0.3 is 5.97 Å². The summed E-state index contributed by atoms with van der Waals surface area (Å²) in [6.07, 6.45) is 1.34. The quantitative estimate of drug-likeness (QED) is 0.710. The Bertz CT molecular complexity index is 478. The fraction of sp³-hybridized carbons (Fsp3) is 0.467. The first-order valence-corrected chi connectivity index (χ1v) is 6.83. The predicted octanol–water partition coefficient (Wildman–Crippen LogP) is 2.31. The van der Waals surface area contributed by atoms with Gasteiger partial charge in [0.15, 0.2) is 0 Å². The minimum absolute atomic E-state index is 0.0526. The van der Waals surface area contributed by atoms with E-state index in [1.165, 1.54) is 17.0 Å². The van der Waals surface area contributed by atoms with Crippen molar-refractivity contribution in [2.24, 2.45) is 0 Å². The molecular weight excluding hydrogens is 277 g/mol. The topological polar surface area (TPSA) is 66.8 Å². The van der Waals surface area contributed by atoms with Crippen LogP contribution in [-0.2, 0) is 9.59 Å². The molecule has 0 aliphatic heterocycles. The number of halogens is 1. The van der Waals surface area contributed by atoms with Crippen LogP contribution in [0, 0.1) is 5.82 Å². The van der Waals surface area contributed by atoms with Crippen molar-refractivity contribution in [1.29, 1.82) is 0 Å². The number of aliphatic carboxylic acids is 1. The number of carboxylic acids is 1. The van der Waals surface area contributed by atoms with Gasteiger partial charge in [0.2, 0.25) is 5.91 Å². The highest BCUT2D eigenvalue weighted by Crippen LogP contribution is 2.12. The number of ether oxygens (including phenoxy) is 1. The molecule has 0 fully saturated rings. The second kappa shape index (κ2) is 8.94. The standard InChI is InChI=1S/C15H20FNO4/c1-17(9-3-8-15(19)20)14(18)7-4-10-21-13-6-2-5-12(16)11-13/h2,5-6,11H,3-4,7-10H2,1H3,(H,19,20). The van der Waals surface area contributed by atoms with Gasteiger partial charge in [-0.2, -0.15) is 0 Å². The minimum atomic E-state index is -0.862. The Morgan fingerprint density at radius 1 is 1.29 bits per heavy atom. The largest absolute Gasteiger partial charge is 0.493 e. The van der Waals surface area contributed by atoms with E-state index in [2.05, 4.69) is 0 Å². The van der Waals surface area contributed by atoms with Crippen molar-refractivity contribution in [2.75, 3.05) is 20.2 Å². The number of nitrogens with zero attached hydrogens (tertiary/aromatic N) is 1. The zero-order chi connectivity index (χ0) is 15.7. The first kappa shape index (κ1) is 16.9. The molecule has 6 heteroatoms. The molecule has 1 rings (SSSR count). The first-order chi connectivity index (χ1) is 9.99. The van der Waals surface area contributed by atoms with Crippen molar-refractivity contribution < 1.29 is 23.8 Å². The summed E-state index contributed by atoms with van der Waals surface area (Å²) in [7, 11) is 1.65. The van der Waals surface area contributed by atoms with Crippen molar-refractivity contribution in [1.82, 2.24) is 4.90 Å². The van der Waals surface area contributed by atoms with Crippen molar-refractivity contribution in [2.45, 2.75) is 25.7 Å². The lowest BCUT2D eigenvalue weighted by atomic mass is 10.2. The third-order valence-corrected chi connectivity index (χ3v) is 2.91. The fourth-order valence-electron chi connectivity index (χ4n) is 1.75. The van der Waals surface area contributed by atoms with Crippen LogP contribution in [0.2, 0.25) is 0 Å². The molecule has 1 aromatic rings. The van der Waals surface area contributed by atoms with E-state index < -0.39 is 5.97 Å². The maximum Gasteiger partial charge on any atom is 0.303 e. The summed E-state index contributed by atoms with van der Waals surface area (Å²) >= 11 is 0. The Morgan fingerprint density at radius 3 is 2.71 bits per heavy atom. The third-order valence-electron chi connectivity index (χ3n) is 2.91. The van der Waals surface area contributed by atoms with Crippen LogP contribution in [0.25, 0.3) is 0 Å². The van der Waals surface area contributed by atoms with Crippen LogP contribution in [0.4, 0.5) is 4.39 Å². The third kappa shape index (κ3) is 7.29. The second-order valence-corrected chi connectivity index (χ2v) is 4.72. The molecule has 21 heavy (non-hydrogen) atoms. The molecule has 1 amide bonds. The van der Waals surface area contributed by atoms with Crippen LogP contribution in [0.1, 0.15) is 25.7 Å². The molecule has 0 heterocycles. The minimum Gasteiger partial charge on any atom is -0.493 e. The molecule has 0 atom stereocenters. The van der Waals surface area contributed by atoms with E-state index in [4.69, 9.17) is 9.84 Å². The molecule has 0 spiro atoms. The molecule has 0 saturated heterocycles. The van der Waals surface area contributed by atoms with E-state index in [0.717, 1.165) is 0 Å². The highest BCUT2D eigenvalue weighted by molar-refractivity contribution is 5.75. The summed E-state index contributed by atoms with van der Waals surface area (Å²) in [5.41, 5.74) is 0. The number of carboxylic acid groups (broad SMARTS) is 1. The maximum absolute atomic E-state index is 12.9. The van der Waals surface area contributed by atoms with Gasteiger partial charge in [0.25, 0.3) is 0 Å². The maximum atomic E-state index is 12.9. The smallest absolute Gasteiger partial charge is 0.303 e. The van der Waals surface area contributed by atoms with Gasteiger partial charge in [0.05, 0.1) is 6.61 Å². The SMILES string of the molecule is CN(CCCC(=O)O)C(=O)CCCOc1cccc(F)c1. The average molecular weight is 297 g/mol. The molecule has 0 unspecified atom stereocenters. The van der Waals surface area contributed by atoms with Crippen LogP contribution < -0.4 is 4.74 Å². The molecule has 1 N–H and O–H groups in total. The Labute approximate surface area is 123 Å². The highest BCUT2D eigenvalue weighted by Gasteiger charge is 2.09. The second-order valence-electron chi connectivity index (χ2n) is 4.72. The van der Waals surface area contributed by atoms with Crippen LogP contribution in [0.5, 0.6) is 5.75 Å². The summed E-state index contributed by atoms with van der Waals surface area (Å²) in [6, 6.07) is 5.84. The van der Waals surface area contributed by atoms with Crippen LogP contribution in [0.15, 0.2) is 24.3 Å². The Hall–Kier alpha value is -2.11. The van der Waals surface area contributed by atoms with E-state index in [1.807, 2.05) is 0 Å². The number of hydrogen-bond donors (Lipinski definition) is 1. The lowest BCUT2D eigenvalue weighted by molar-refractivity contribution is -0.138. The van der Waals surface area contributed by atoms with Crippen LogP contribution in [0.3, 0.4) is 0 Å². The Morgan fingerprint density at radius 2 is 2.05 bits per heavy atom. The zero-order valence-corrected chi connectivity index (χ0v) is 12.0. The summed E-state index contributed by atoms with van der Waals surface area (Å²) in [6.45, 7) is 0.758. The first-order valence-electron chi connectivity index (χ1n) is 6.83. The molecule has 0 aliphatic carbocycles. The number of amides is 1. The Balaban J connectivity index is 2.16. The van der Waals surface area contributed by atoms with Crippen molar-refractivity contribution in [3.63, 3.8) is 0 Å². The normalized spacial score (nSPS) is 10.2. The van der Waals surface area contributed by atoms with Gasteiger partial charge in [-0.05, 0) is 25.0 Å². The van der Waals surface area contributed by atoms with Gasteiger partial charge < -0.3 is 14.7 Å². The van der Waals surface area contributed by atoms with Gasteiger partial charge in [-0.3, -0.25) is 9.59 Å². The lowest BCUT2D eigenvalue weighted by Gasteiger charge is -2.16. The van der Waals surface area contributed by atoms with Crippen LogP contribution >= 0.6 is 0 Å². The summed E-state index contributed by atoms with van der Waals surface area (Å²) < 4.78 is 18.2. The molecule has 116 valence electrons. The van der Waals surface area contributed by atoms with Gasteiger partial charge in [-0.15, -0.1) is 0 Å². The van der Waals surface area contributed by atoms with Gasteiger partial charge in [-0.25, -0.2) is 4.39 Å². The molecule has 0 aromatic heterocycles. The molecular formula is C15H20FNO4. The zero-order valence-electron chi connectivity index (χ0n) is 12.0. The van der Waals surface area contributed by atoms with Crippen molar-refractivity contribution >= 4 is 11.9 Å². The van der Waals surface area contributed by atoms with E-state index in [9.17, 15) is 14.0 Å². The Kier molecular flexibility index (Phi) is 7.21. The molecule has 0 aliphatic rings. The predicted molar refractivity (Wildman–Crippen MR) is 75.6 cm³/mol. The highest BCUT2D eigenvalue weighted by atomic mass is 19.1. The number of carbonyl (C=O) groups excluding carboxylic acids is 1. The molecule has 0 saturated carbocycles. The molecule has 1 aromatic carbocycles. The van der Waals surface area contributed by atoms with E-state index in [1.54, 1.807) is 19.2 Å². The van der Waals surface area contributed by atoms with Crippen molar-refractivity contribution in [3.8, 4) is 5.75 Å². The van der Waals surface area contributed by atoms with E-state index in [-0.39, 0.29) is 18.1 Å². The van der Waals surface area contributed by atoms with Gasteiger partial charge in [0, 0.05) is 32.5 Å². The van der Waals surface area contributed by atoms with E-state index >= 15 is 0 Å². The lowest BCUT2D eigenvalue weighted by Crippen LogP contribution is -2.28. The van der Waals surface area contributed by atoms with E-state index in [0.29, 0.717) is 38.2 Å². The number of carbonyl (C=O) groups is 2. The summed E-state index contributed by atoms with van der Waals surface area (Å²) in [5.74, 6) is -0.832. The summed E-state index contributed by atoms with van der Waals surface area (Å²) in [4.78, 5) is 23.6. The number of benzene rings is 1. The molecule has 5 nitrogen and oxygen atoms in total. The van der Waals surface area contributed by atoms with Crippen LogP contribution in [-0.4, -0.2) is 42.1 Å². The number of hydrogen-bond acceptors (Lipinski definition) is 3. The summed E-state index contributed by atoms with van der Waals surface area (Å²) in [5, 5.41) is 8.52. The number of rotatable bonds is 9. The van der Waals surface area contributed by atoms with Gasteiger partial charge in [-0.1, -0.05) is 6.07 Å².